The number of nitrogens with one attached hydrogen (secondary N) is 2. The highest BCUT2D eigenvalue weighted by Gasteiger charge is 2.17. The summed E-state index contributed by atoms with van der Waals surface area (Å²) in [5.41, 5.74) is 0.466. The summed E-state index contributed by atoms with van der Waals surface area (Å²) in [7, 11) is 0. The van der Waals surface area contributed by atoms with Gasteiger partial charge >= 0.3 is 0 Å². The third-order valence-corrected chi connectivity index (χ3v) is 2.70. The molecule has 2 rings (SSSR count). The van der Waals surface area contributed by atoms with E-state index in [0.717, 1.165) is 19.5 Å². The molecular weight excluding hydrogens is 204 g/mol. The van der Waals surface area contributed by atoms with Crippen LogP contribution in [-0.4, -0.2) is 35.1 Å². The molecular formula is C11H16N4O. The summed E-state index contributed by atoms with van der Waals surface area (Å²) >= 11 is 0. The van der Waals surface area contributed by atoms with Crippen LogP contribution in [0.15, 0.2) is 25.2 Å². The van der Waals surface area contributed by atoms with E-state index in [4.69, 9.17) is 0 Å². The Morgan fingerprint density at radius 2 is 2.69 bits per heavy atom. The van der Waals surface area contributed by atoms with Crippen molar-refractivity contribution in [2.45, 2.75) is 12.5 Å². The van der Waals surface area contributed by atoms with Gasteiger partial charge in [-0.05, 0) is 13.0 Å². The van der Waals surface area contributed by atoms with Crippen molar-refractivity contribution < 1.29 is 4.79 Å². The molecule has 1 unspecified atom stereocenters. The molecule has 0 aliphatic carbocycles. The van der Waals surface area contributed by atoms with Gasteiger partial charge in [0, 0.05) is 25.3 Å². The first kappa shape index (κ1) is 10.9. The minimum Gasteiger partial charge on any atom is -0.347 e. The Labute approximate surface area is 94.6 Å². The fraction of sp³-hybridized carbons (Fsp3) is 0.455. The molecule has 0 spiro atoms. The van der Waals surface area contributed by atoms with E-state index in [1.54, 1.807) is 18.6 Å². The molecule has 86 valence electrons. The Hall–Kier alpha value is -1.62. The SMILES string of the molecule is C=CCNC(=O)c1cn(C2CCNC2)cn1. The molecule has 2 N–H and O–H groups in total. The molecule has 16 heavy (non-hydrogen) atoms. The van der Waals surface area contributed by atoms with E-state index in [0.29, 0.717) is 18.3 Å². The second-order valence-corrected chi connectivity index (χ2v) is 3.85. The van der Waals surface area contributed by atoms with Crippen molar-refractivity contribution in [3.63, 3.8) is 0 Å². The smallest absolute Gasteiger partial charge is 0.271 e. The molecule has 1 aliphatic rings. The van der Waals surface area contributed by atoms with Crippen LogP contribution in [0, 0.1) is 0 Å². The summed E-state index contributed by atoms with van der Waals surface area (Å²) in [6, 6.07) is 0.424. The van der Waals surface area contributed by atoms with E-state index in [9.17, 15) is 4.79 Å². The van der Waals surface area contributed by atoms with Crippen LogP contribution in [0.4, 0.5) is 0 Å². The van der Waals surface area contributed by atoms with Gasteiger partial charge in [-0.1, -0.05) is 6.08 Å². The second kappa shape index (κ2) is 4.94. The fourth-order valence-corrected chi connectivity index (χ4v) is 1.80. The van der Waals surface area contributed by atoms with E-state index < -0.39 is 0 Å². The molecule has 1 atom stereocenters. The Bertz CT molecular complexity index is 379. The van der Waals surface area contributed by atoms with Gasteiger partial charge in [0.15, 0.2) is 0 Å². The Morgan fingerprint density at radius 1 is 1.81 bits per heavy atom. The molecule has 0 radical (unpaired) electrons. The zero-order valence-electron chi connectivity index (χ0n) is 9.15. The first-order chi connectivity index (χ1) is 7.81. The third kappa shape index (κ3) is 2.30. The topological polar surface area (TPSA) is 59.0 Å². The van der Waals surface area contributed by atoms with Gasteiger partial charge in [0.2, 0.25) is 0 Å². The quantitative estimate of drug-likeness (QED) is 0.719. The van der Waals surface area contributed by atoms with Gasteiger partial charge in [-0.25, -0.2) is 4.98 Å². The first-order valence-corrected chi connectivity index (χ1v) is 5.44. The average Bonchev–Trinajstić information content (AvgIpc) is 2.94. The van der Waals surface area contributed by atoms with Crippen molar-refractivity contribution in [3.8, 4) is 0 Å². The molecule has 1 aromatic heterocycles. The summed E-state index contributed by atoms with van der Waals surface area (Å²) in [5.74, 6) is -0.149. The molecule has 2 heterocycles. The molecule has 1 aliphatic heterocycles. The number of rotatable bonds is 4. The lowest BCUT2D eigenvalue weighted by atomic mass is 10.2. The molecule has 1 fully saturated rings. The predicted octanol–water partition coefficient (Wildman–Crippen LogP) is 0.333. The number of nitrogens with zero attached hydrogens (tertiary/aromatic N) is 2. The number of hydrogen-bond acceptors (Lipinski definition) is 3. The van der Waals surface area contributed by atoms with Gasteiger partial charge in [-0.3, -0.25) is 4.79 Å². The predicted molar refractivity (Wildman–Crippen MR) is 61.3 cm³/mol. The standard InChI is InChI=1S/C11H16N4O/c1-2-4-13-11(16)10-7-15(8-14-10)9-3-5-12-6-9/h2,7-9,12H,1,3-6H2,(H,13,16). The molecule has 0 bridgehead atoms. The Morgan fingerprint density at radius 3 is 3.38 bits per heavy atom. The number of imidazole rings is 1. The van der Waals surface area contributed by atoms with E-state index in [1.807, 2.05) is 4.57 Å². The summed E-state index contributed by atoms with van der Waals surface area (Å²) < 4.78 is 2.00. The van der Waals surface area contributed by atoms with Crippen LogP contribution in [0.1, 0.15) is 23.0 Å². The molecule has 0 aromatic carbocycles. The van der Waals surface area contributed by atoms with Gasteiger partial charge < -0.3 is 15.2 Å². The number of carbonyl (C=O) groups is 1. The Kier molecular flexibility index (Phi) is 3.36. The average molecular weight is 220 g/mol. The molecule has 1 saturated heterocycles. The second-order valence-electron chi connectivity index (χ2n) is 3.85. The monoisotopic (exact) mass is 220 g/mol. The van der Waals surface area contributed by atoms with Gasteiger partial charge in [-0.15, -0.1) is 6.58 Å². The van der Waals surface area contributed by atoms with E-state index >= 15 is 0 Å². The highest BCUT2D eigenvalue weighted by atomic mass is 16.1. The maximum absolute atomic E-state index is 11.6. The van der Waals surface area contributed by atoms with Crippen LogP contribution < -0.4 is 10.6 Å². The van der Waals surface area contributed by atoms with Crippen LogP contribution >= 0.6 is 0 Å². The maximum Gasteiger partial charge on any atom is 0.271 e. The first-order valence-electron chi connectivity index (χ1n) is 5.44. The lowest BCUT2D eigenvalue weighted by Crippen LogP contribution is -2.23. The van der Waals surface area contributed by atoms with E-state index in [-0.39, 0.29) is 5.91 Å². The van der Waals surface area contributed by atoms with Crippen molar-refractivity contribution in [3.05, 3.63) is 30.9 Å². The minimum absolute atomic E-state index is 0.149. The van der Waals surface area contributed by atoms with Crippen molar-refractivity contribution in [2.24, 2.45) is 0 Å². The van der Waals surface area contributed by atoms with Gasteiger partial charge in [0.25, 0.3) is 5.91 Å². The molecule has 1 aromatic rings. The Balaban J connectivity index is 2.00. The van der Waals surface area contributed by atoms with Crippen LogP contribution in [-0.2, 0) is 0 Å². The number of aromatic nitrogens is 2. The number of amides is 1. The molecule has 0 saturated carbocycles. The maximum atomic E-state index is 11.6. The highest BCUT2D eigenvalue weighted by molar-refractivity contribution is 5.92. The summed E-state index contributed by atoms with van der Waals surface area (Å²) in [5, 5.41) is 5.99. The van der Waals surface area contributed by atoms with Crippen LogP contribution in [0.2, 0.25) is 0 Å². The van der Waals surface area contributed by atoms with E-state index in [2.05, 4.69) is 22.2 Å². The zero-order valence-corrected chi connectivity index (χ0v) is 9.15. The van der Waals surface area contributed by atoms with Crippen LogP contribution in [0.3, 0.4) is 0 Å². The van der Waals surface area contributed by atoms with Crippen molar-refractivity contribution >= 4 is 5.91 Å². The lowest BCUT2D eigenvalue weighted by Gasteiger charge is -2.08. The van der Waals surface area contributed by atoms with Crippen molar-refractivity contribution in [1.29, 1.82) is 0 Å². The molecule has 1 amide bonds. The van der Waals surface area contributed by atoms with Crippen molar-refractivity contribution in [2.75, 3.05) is 19.6 Å². The normalized spacial score (nSPS) is 19.6. The molecule has 5 nitrogen and oxygen atoms in total. The third-order valence-electron chi connectivity index (χ3n) is 2.70. The fourth-order valence-electron chi connectivity index (χ4n) is 1.80. The highest BCUT2D eigenvalue weighted by Crippen LogP contribution is 2.14. The van der Waals surface area contributed by atoms with Gasteiger partial charge in [-0.2, -0.15) is 0 Å². The van der Waals surface area contributed by atoms with Gasteiger partial charge in [0.1, 0.15) is 5.69 Å². The summed E-state index contributed by atoms with van der Waals surface area (Å²) in [6.07, 6.45) is 6.26. The van der Waals surface area contributed by atoms with Crippen LogP contribution in [0.25, 0.3) is 0 Å². The summed E-state index contributed by atoms with van der Waals surface area (Å²) in [6.45, 7) is 5.99. The summed E-state index contributed by atoms with van der Waals surface area (Å²) in [4.78, 5) is 15.7. The largest absolute Gasteiger partial charge is 0.347 e. The number of carbonyl (C=O) groups excluding carboxylic acids is 1. The van der Waals surface area contributed by atoms with E-state index in [1.165, 1.54) is 0 Å². The van der Waals surface area contributed by atoms with Crippen molar-refractivity contribution in [1.82, 2.24) is 20.2 Å². The van der Waals surface area contributed by atoms with Gasteiger partial charge in [0.05, 0.1) is 6.33 Å². The van der Waals surface area contributed by atoms with Crippen LogP contribution in [0.5, 0.6) is 0 Å². The molecule has 5 heteroatoms. The minimum atomic E-state index is -0.149. The zero-order chi connectivity index (χ0) is 11.4. The lowest BCUT2D eigenvalue weighted by molar-refractivity contribution is 0.0953. The number of hydrogen-bond donors (Lipinski definition) is 2.